The summed E-state index contributed by atoms with van der Waals surface area (Å²) in [5.74, 6) is -0.815. The minimum Gasteiger partial charge on any atom is -0.480 e. The summed E-state index contributed by atoms with van der Waals surface area (Å²) in [4.78, 5) is 23.8. The Balaban J connectivity index is 0. The number of carboxylic acid groups (broad SMARTS) is 1. The van der Waals surface area contributed by atoms with Crippen molar-refractivity contribution in [1.82, 2.24) is 0 Å². The van der Waals surface area contributed by atoms with Crippen LogP contribution in [0.4, 0.5) is 0 Å². The Hall–Kier alpha value is -0.620. The predicted octanol–water partition coefficient (Wildman–Crippen LogP) is -0.605. The van der Waals surface area contributed by atoms with Crippen LogP contribution >= 0.6 is 12.6 Å². The number of carboxylic acids is 1. The Kier molecular flexibility index (Phi) is 9.19. The van der Waals surface area contributed by atoms with Gasteiger partial charge in [0, 0.05) is 15.7 Å². The van der Waals surface area contributed by atoms with Gasteiger partial charge in [-0.05, 0) is 0 Å². The fourth-order valence-electron chi connectivity index (χ4n) is 0.0781. The molecular weight excluding hydrogens is 146 g/mol. The number of carbonyl (C=O) groups is 1. The van der Waals surface area contributed by atoms with Gasteiger partial charge in [-0.2, -0.15) is 12.6 Å². The fraction of sp³-hybridized carbons (Fsp3) is 0.667. The van der Waals surface area contributed by atoms with E-state index < -0.39 is 12.0 Å². The maximum atomic E-state index is 9.76. The largest absolute Gasteiger partial charge is 0.480 e. The van der Waals surface area contributed by atoms with Crippen molar-refractivity contribution in [3.05, 3.63) is 9.93 Å². The average molecular weight is 153 g/mol. The zero-order chi connectivity index (χ0) is 7.86. The molecule has 9 heavy (non-hydrogen) atoms. The van der Waals surface area contributed by atoms with Gasteiger partial charge in [0.1, 0.15) is 6.04 Å². The topological polar surface area (TPSA) is 97.5 Å². The molecule has 0 amide bonds. The van der Waals surface area contributed by atoms with E-state index in [2.05, 4.69) is 12.6 Å². The van der Waals surface area contributed by atoms with Crippen LogP contribution in [-0.4, -0.2) is 22.9 Å². The second-order valence-electron chi connectivity index (χ2n) is 1.13. The minimum atomic E-state index is -1.00. The van der Waals surface area contributed by atoms with Crippen molar-refractivity contribution in [2.24, 2.45) is 5.73 Å². The number of hydrogen-bond acceptors (Lipinski definition) is 5. The summed E-state index contributed by atoms with van der Waals surface area (Å²) in [7, 11) is 0. The van der Waals surface area contributed by atoms with Gasteiger partial charge in [-0.25, -0.2) is 0 Å². The van der Waals surface area contributed by atoms with Gasteiger partial charge in [-0.3, -0.25) is 4.79 Å². The molecule has 0 saturated heterocycles. The third kappa shape index (κ3) is 7.38. The first-order valence-electron chi connectivity index (χ1n) is 1.94. The molecule has 5 nitrogen and oxygen atoms in total. The first-order valence-corrected chi connectivity index (χ1v) is 2.57. The molecule has 0 heterocycles. The summed E-state index contributed by atoms with van der Waals surface area (Å²) in [6.45, 7) is 0. The highest BCUT2D eigenvalue weighted by Crippen LogP contribution is 1.80. The third-order valence-corrected chi connectivity index (χ3v) is 0.907. The Labute approximate surface area is 56.9 Å². The number of aliphatic carboxylic acids is 1. The van der Waals surface area contributed by atoms with E-state index in [4.69, 9.17) is 20.8 Å². The fourth-order valence-corrected chi connectivity index (χ4v) is 0.234. The molecule has 3 N–H and O–H groups in total. The van der Waals surface area contributed by atoms with Crippen molar-refractivity contribution in [2.75, 3.05) is 5.75 Å². The average Bonchev–Trinajstić information content (AvgIpc) is 1.91. The second kappa shape index (κ2) is 7.38. The van der Waals surface area contributed by atoms with Gasteiger partial charge >= 0.3 is 5.97 Å². The molecule has 0 aliphatic heterocycles. The Morgan fingerprint density at radius 3 is 2.00 bits per heavy atom. The van der Waals surface area contributed by atoms with E-state index in [1.165, 1.54) is 0 Å². The van der Waals surface area contributed by atoms with Crippen LogP contribution in [0.3, 0.4) is 0 Å². The van der Waals surface area contributed by atoms with Crippen molar-refractivity contribution in [2.45, 2.75) is 6.04 Å². The van der Waals surface area contributed by atoms with Gasteiger partial charge in [0.25, 0.3) is 0 Å². The molecular formula is C3H7NO4S. The molecule has 0 unspecified atom stereocenters. The van der Waals surface area contributed by atoms with Crippen LogP contribution in [0.25, 0.3) is 0 Å². The summed E-state index contributed by atoms with van der Waals surface area (Å²) in [6.07, 6.45) is 0. The molecule has 1 atom stereocenters. The molecule has 0 aliphatic rings. The predicted molar refractivity (Wildman–Crippen MR) is 36.2 cm³/mol. The van der Waals surface area contributed by atoms with Crippen molar-refractivity contribution >= 4 is 18.6 Å². The molecule has 0 radical (unpaired) electrons. The van der Waals surface area contributed by atoms with Crippen LogP contribution < -0.4 is 5.73 Å². The van der Waals surface area contributed by atoms with Crippen LogP contribution in [-0.2, 0) is 4.79 Å². The van der Waals surface area contributed by atoms with Gasteiger partial charge in [-0.1, -0.05) is 0 Å². The van der Waals surface area contributed by atoms with E-state index in [1.54, 1.807) is 0 Å². The van der Waals surface area contributed by atoms with E-state index in [1.807, 2.05) is 0 Å². The summed E-state index contributed by atoms with van der Waals surface area (Å²) >= 11 is 3.65. The number of thiol groups is 1. The number of hydrogen-bond donors (Lipinski definition) is 3. The smallest absolute Gasteiger partial charge is 0.321 e. The van der Waals surface area contributed by atoms with Crippen LogP contribution in [0, 0.1) is 9.93 Å². The van der Waals surface area contributed by atoms with E-state index in [0.717, 1.165) is 0 Å². The highest BCUT2D eigenvalue weighted by atomic mass is 32.1. The lowest BCUT2D eigenvalue weighted by Crippen LogP contribution is -2.31. The van der Waals surface area contributed by atoms with E-state index in [-0.39, 0.29) is 5.75 Å². The van der Waals surface area contributed by atoms with Crippen molar-refractivity contribution in [3.63, 3.8) is 0 Å². The van der Waals surface area contributed by atoms with Crippen molar-refractivity contribution in [3.8, 4) is 0 Å². The molecule has 0 spiro atoms. The SMILES string of the molecule is N[C@@H](CS)C(=O)O.O=O. The van der Waals surface area contributed by atoms with E-state index in [0.29, 0.717) is 0 Å². The van der Waals surface area contributed by atoms with E-state index in [9.17, 15) is 4.79 Å². The van der Waals surface area contributed by atoms with Crippen LogP contribution in [0.15, 0.2) is 0 Å². The molecule has 0 rings (SSSR count). The van der Waals surface area contributed by atoms with E-state index >= 15 is 0 Å². The van der Waals surface area contributed by atoms with Crippen LogP contribution in [0.5, 0.6) is 0 Å². The maximum absolute atomic E-state index is 9.76. The van der Waals surface area contributed by atoms with Gasteiger partial charge in [-0.15, -0.1) is 0 Å². The van der Waals surface area contributed by atoms with Crippen LogP contribution in [0.1, 0.15) is 0 Å². The second-order valence-corrected chi connectivity index (χ2v) is 1.49. The molecule has 0 aliphatic carbocycles. The van der Waals surface area contributed by atoms with Gasteiger partial charge < -0.3 is 10.8 Å². The molecule has 0 fully saturated rings. The zero-order valence-corrected chi connectivity index (χ0v) is 5.38. The number of rotatable bonds is 2. The highest BCUT2D eigenvalue weighted by molar-refractivity contribution is 7.80. The maximum Gasteiger partial charge on any atom is 0.321 e. The van der Waals surface area contributed by atoms with Gasteiger partial charge in [0.2, 0.25) is 0 Å². The first kappa shape index (κ1) is 11.2. The van der Waals surface area contributed by atoms with Gasteiger partial charge in [0.15, 0.2) is 0 Å². The zero-order valence-electron chi connectivity index (χ0n) is 4.48. The van der Waals surface area contributed by atoms with Gasteiger partial charge in [0.05, 0.1) is 0 Å². The summed E-state index contributed by atoms with van der Waals surface area (Å²) in [6, 6.07) is -0.816. The molecule has 0 saturated carbocycles. The minimum absolute atomic E-state index is 0.190. The number of nitrogens with two attached hydrogens (primary N) is 1. The Morgan fingerprint density at radius 1 is 1.67 bits per heavy atom. The Morgan fingerprint density at radius 2 is 2.00 bits per heavy atom. The monoisotopic (exact) mass is 153 g/mol. The standard InChI is InChI=1S/C3H7NO2S.O2/c4-2(1-7)3(5)6;1-2/h2,7H,1,4H2,(H,5,6);/t2-;/m0./s1. The molecule has 0 aromatic carbocycles. The van der Waals surface area contributed by atoms with Crippen LogP contribution in [0.2, 0.25) is 0 Å². The summed E-state index contributed by atoms with van der Waals surface area (Å²) in [5, 5.41) is 8.01. The first-order chi connectivity index (χ1) is 4.18. The Bertz CT molecular complexity index is 87.9. The summed E-state index contributed by atoms with van der Waals surface area (Å²) in [5.41, 5.74) is 4.94. The van der Waals surface area contributed by atoms with Crippen molar-refractivity contribution in [1.29, 1.82) is 0 Å². The lowest BCUT2D eigenvalue weighted by atomic mass is 10.4. The molecule has 0 aromatic heterocycles. The molecule has 0 bridgehead atoms. The normalized spacial score (nSPS) is 10.9. The molecule has 6 heteroatoms. The molecule has 0 aromatic rings. The summed E-state index contributed by atoms with van der Waals surface area (Å²) < 4.78 is 0. The molecule has 54 valence electrons. The lowest BCUT2D eigenvalue weighted by molar-refractivity contribution is -0.137. The third-order valence-electron chi connectivity index (χ3n) is 0.514. The highest BCUT2D eigenvalue weighted by Gasteiger charge is 2.06. The van der Waals surface area contributed by atoms with Crippen molar-refractivity contribution < 1.29 is 9.90 Å². The lowest BCUT2D eigenvalue weighted by Gasteiger charge is -1.96. The quantitative estimate of drug-likeness (QED) is 0.460.